The van der Waals surface area contributed by atoms with Crippen molar-refractivity contribution in [2.75, 3.05) is 23.3 Å². The Morgan fingerprint density at radius 3 is 2.46 bits per heavy atom. The monoisotopic (exact) mass is 353 g/mol. The van der Waals surface area contributed by atoms with Gasteiger partial charge in [0.1, 0.15) is 11.5 Å². The number of aromatic carboxylic acids is 1. The van der Waals surface area contributed by atoms with Gasteiger partial charge in [-0.1, -0.05) is 0 Å². The maximum atomic E-state index is 12.6. The molecule has 6 heteroatoms. The molecule has 1 amide bonds. The summed E-state index contributed by atoms with van der Waals surface area (Å²) in [4.78, 5) is 30.5. The molecule has 1 aromatic carbocycles. The zero-order chi connectivity index (χ0) is 18.7. The molecule has 6 nitrogen and oxygen atoms in total. The van der Waals surface area contributed by atoms with Crippen LogP contribution in [0.4, 0.5) is 11.5 Å². The van der Waals surface area contributed by atoms with E-state index in [9.17, 15) is 9.59 Å². The van der Waals surface area contributed by atoms with Gasteiger partial charge in [0.25, 0.3) is 5.91 Å². The number of benzene rings is 1. The SMILES string of the molecule is Cc1cc(C(=O)Nc2ccc(C(=O)O)c(C)c2)nc(N2CCCCC2)c1. The Morgan fingerprint density at radius 2 is 1.81 bits per heavy atom. The number of piperidine rings is 1. The molecule has 2 N–H and O–H groups in total. The van der Waals surface area contributed by atoms with Gasteiger partial charge in [0.05, 0.1) is 5.56 Å². The third-order valence-electron chi connectivity index (χ3n) is 4.58. The molecule has 3 rings (SSSR count). The van der Waals surface area contributed by atoms with E-state index < -0.39 is 5.97 Å². The molecule has 1 fully saturated rings. The first-order valence-corrected chi connectivity index (χ1v) is 8.83. The van der Waals surface area contributed by atoms with E-state index in [-0.39, 0.29) is 11.5 Å². The van der Waals surface area contributed by atoms with Gasteiger partial charge in [-0.3, -0.25) is 4.79 Å². The van der Waals surface area contributed by atoms with Crippen LogP contribution in [-0.4, -0.2) is 35.1 Å². The number of anilines is 2. The van der Waals surface area contributed by atoms with Gasteiger partial charge in [0.2, 0.25) is 0 Å². The van der Waals surface area contributed by atoms with Crippen LogP contribution in [0.2, 0.25) is 0 Å². The van der Waals surface area contributed by atoms with Crippen LogP contribution in [0.5, 0.6) is 0 Å². The summed E-state index contributed by atoms with van der Waals surface area (Å²) < 4.78 is 0. The third kappa shape index (κ3) is 4.02. The van der Waals surface area contributed by atoms with Crippen LogP contribution in [0.25, 0.3) is 0 Å². The van der Waals surface area contributed by atoms with Gasteiger partial charge in [-0.2, -0.15) is 0 Å². The molecule has 1 aliphatic heterocycles. The van der Waals surface area contributed by atoms with Crippen LogP contribution in [0.15, 0.2) is 30.3 Å². The lowest BCUT2D eigenvalue weighted by atomic mass is 10.1. The average molecular weight is 353 g/mol. The maximum Gasteiger partial charge on any atom is 0.335 e. The van der Waals surface area contributed by atoms with Gasteiger partial charge >= 0.3 is 5.97 Å². The van der Waals surface area contributed by atoms with Gasteiger partial charge in [-0.25, -0.2) is 9.78 Å². The zero-order valence-electron chi connectivity index (χ0n) is 15.1. The normalized spacial score (nSPS) is 14.2. The molecule has 0 spiro atoms. The molecule has 1 aliphatic rings. The summed E-state index contributed by atoms with van der Waals surface area (Å²) in [6, 6.07) is 8.52. The molecular formula is C20H23N3O3. The highest BCUT2D eigenvalue weighted by Gasteiger charge is 2.16. The number of carbonyl (C=O) groups is 2. The molecule has 0 atom stereocenters. The van der Waals surface area contributed by atoms with Gasteiger partial charge < -0.3 is 15.3 Å². The number of hydrogen-bond acceptors (Lipinski definition) is 4. The van der Waals surface area contributed by atoms with Crippen LogP contribution in [0.3, 0.4) is 0 Å². The van der Waals surface area contributed by atoms with Crippen molar-refractivity contribution in [2.24, 2.45) is 0 Å². The quantitative estimate of drug-likeness (QED) is 0.877. The zero-order valence-corrected chi connectivity index (χ0v) is 15.1. The summed E-state index contributed by atoms with van der Waals surface area (Å²) in [5.41, 5.74) is 2.74. The number of nitrogens with zero attached hydrogens (tertiary/aromatic N) is 2. The second-order valence-electron chi connectivity index (χ2n) is 6.72. The number of carboxylic acid groups (broad SMARTS) is 1. The number of aromatic nitrogens is 1. The van der Waals surface area contributed by atoms with Crippen molar-refractivity contribution in [3.8, 4) is 0 Å². The molecular weight excluding hydrogens is 330 g/mol. The summed E-state index contributed by atoms with van der Waals surface area (Å²) in [5, 5.41) is 11.9. The topological polar surface area (TPSA) is 82.5 Å². The lowest BCUT2D eigenvalue weighted by Gasteiger charge is -2.28. The number of pyridine rings is 1. The molecule has 0 unspecified atom stereocenters. The second-order valence-corrected chi connectivity index (χ2v) is 6.72. The van der Waals surface area contributed by atoms with E-state index in [2.05, 4.69) is 15.2 Å². The minimum absolute atomic E-state index is 0.226. The average Bonchev–Trinajstić information content (AvgIpc) is 2.61. The highest BCUT2D eigenvalue weighted by molar-refractivity contribution is 6.03. The standard InChI is InChI=1S/C20H23N3O3/c1-13-10-17(22-18(11-13)23-8-4-3-5-9-23)19(24)21-15-6-7-16(20(25)26)14(2)12-15/h6-7,10-12H,3-5,8-9H2,1-2H3,(H,21,24)(H,25,26). The van der Waals surface area contributed by atoms with Gasteiger partial charge in [-0.05, 0) is 74.6 Å². The van der Waals surface area contributed by atoms with E-state index in [1.54, 1.807) is 25.1 Å². The highest BCUT2D eigenvalue weighted by Crippen LogP contribution is 2.21. The Labute approximate surface area is 152 Å². The Hall–Kier alpha value is -2.89. The molecule has 26 heavy (non-hydrogen) atoms. The Balaban J connectivity index is 1.80. The maximum absolute atomic E-state index is 12.6. The molecule has 136 valence electrons. The molecule has 2 aromatic rings. The van der Waals surface area contributed by atoms with Gasteiger partial charge in [0.15, 0.2) is 0 Å². The number of aryl methyl sites for hydroxylation is 2. The first kappa shape index (κ1) is 17.9. The van der Waals surface area contributed by atoms with Crippen molar-refractivity contribution in [3.05, 3.63) is 52.7 Å². The van der Waals surface area contributed by atoms with E-state index >= 15 is 0 Å². The van der Waals surface area contributed by atoms with Crippen molar-refractivity contribution in [3.63, 3.8) is 0 Å². The predicted molar refractivity (Wildman–Crippen MR) is 101 cm³/mol. The molecule has 2 heterocycles. The fraction of sp³-hybridized carbons (Fsp3) is 0.350. The van der Waals surface area contributed by atoms with Crippen LogP contribution < -0.4 is 10.2 Å². The molecule has 0 radical (unpaired) electrons. The molecule has 1 aromatic heterocycles. The van der Waals surface area contributed by atoms with Crippen molar-refractivity contribution >= 4 is 23.4 Å². The molecule has 1 saturated heterocycles. The number of hydrogen-bond donors (Lipinski definition) is 2. The minimum atomic E-state index is -0.980. The highest BCUT2D eigenvalue weighted by atomic mass is 16.4. The lowest BCUT2D eigenvalue weighted by molar-refractivity contribution is 0.0696. The van der Waals surface area contributed by atoms with E-state index in [1.807, 2.05) is 13.0 Å². The fourth-order valence-corrected chi connectivity index (χ4v) is 3.23. The Kier molecular flexibility index (Phi) is 5.21. The number of carboxylic acids is 1. The van der Waals surface area contributed by atoms with E-state index in [0.717, 1.165) is 37.3 Å². The fourth-order valence-electron chi connectivity index (χ4n) is 3.23. The summed E-state index contributed by atoms with van der Waals surface area (Å²) in [6.45, 7) is 5.59. The van der Waals surface area contributed by atoms with Crippen LogP contribution in [0.1, 0.15) is 51.2 Å². The first-order valence-electron chi connectivity index (χ1n) is 8.83. The first-order chi connectivity index (χ1) is 12.4. The summed E-state index contributed by atoms with van der Waals surface area (Å²) >= 11 is 0. The van der Waals surface area contributed by atoms with Crippen molar-refractivity contribution in [1.82, 2.24) is 4.98 Å². The molecule has 0 bridgehead atoms. The van der Waals surface area contributed by atoms with E-state index in [0.29, 0.717) is 16.9 Å². The number of amides is 1. The lowest BCUT2D eigenvalue weighted by Crippen LogP contribution is -2.30. The van der Waals surface area contributed by atoms with Crippen LogP contribution >= 0.6 is 0 Å². The summed E-state index contributed by atoms with van der Waals surface area (Å²) in [7, 11) is 0. The van der Waals surface area contributed by atoms with E-state index in [4.69, 9.17) is 5.11 Å². The van der Waals surface area contributed by atoms with Crippen molar-refractivity contribution in [1.29, 1.82) is 0 Å². The number of nitrogens with one attached hydrogen (secondary N) is 1. The second kappa shape index (κ2) is 7.56. The van der Waals surface area contributed by atoms with Gasteiger partial charge in [-0.15, -0.1) is 0 Å². The smallest absolute Gasteiger partial charge is 0.335 e. The summed E-state index contributed by atoms with van der Waals surface area (Å²) in [6.07, 6.45) is 3.53. The molecule has 0 saturated carbocycles. The van der Waals surface area contributed by atoms with Crippen molar-refractivity contribution < 1.29 is 14.7 Å². The molecule has 0 aliphatic carbocycles. The predicted octanol–water partition coefficient (Wildman–Crippen LogP) is 3.64. The largest absolute Gasteiger partial charge is 0.478 e. The number of rotatable bonds is 4. The summed E-state index contributed by atoms with van der Waals surface area (Å²) in [5.74, 6) is -0.436. The Morgan fingerprint density at radius 1 is 1.08 bits per heavy atom. The van der Waals surface area contributed by atoms with Gasteiger partial charge in [0, 0.05) is 18.8 Å². The van der Waals surface area contributed by atoms with Crippen LogP contribution in [-0.2, 0) is 0 Å². The van der Waals surface area contributed by atoms with E-state index in [1.165, 1.54) is 12.5 Å². The Bertz CT molecular complexity index is 842. The van der Waals surface area contributed by atoms with Crippen molar-refractivity contribution in [2.45, 2.75) is 33.1 Å². The number of carbonyl (C=O) groups excluding carboxylic acids is 1. The third-order valence-corrected chi connectivity index (χ3v) is 4.58. The minimum Gasteiger partial charge on any atom is -0.478 e. The van der Waals surface area contributed by atoms with Crippen LogP contribution in [0, 0.1) is 13.8 Å².